The second-order valence-corrected chi connectivity index (χ2v) is 7.76. The summed E-state index contributed by atoms with van der Waals surface area (Å²) in [6, 6.07) is 14.9. The van der Waals surface area contributed by atoms with Gasteiger partial charge in [-0.3, -0.25) is 24.8 Å². The van der Waals surface area contributed by atoms with Crippen LogP contribution in [0, 0.1) is 17.0 Å². The number of nitrogens with zero attached hydrogens (tertiary/aromatic N) is 4. The Balaban J connectivity index is 1.82. The fraction of sp³-hybridized carbons (Fsp3) is 0.136. The second-order valence-electron chi connectivity index (χ2n) is 6.78. The molecule has 2 aromatic carbocycles. The van der Waals surface area contributed by atoms with Gasteiger partial charge >= 0.3 is 0 Å². The number of nitro benzene ring substituents is 1. The number of anilines is 1. The average molecular weight is 434 g/mol. The number of fused-ring (bicyclic) bond motifs is 1. The Hall–Kier alpha value is -3.85. The minimum absolute atomic E-state index is 0.148. The highest BCUT2D eigenvalue weighted by atomic mass is 32.1. The number of rotatable bonds is 6. The summed E-state index contributed by atoms with van der Waals surface area (Å²) in [5.41, 5.74) is 2.41. The van der Waals surface area contributed by atoms with E-state index in [1.165, 1.54) is 34.4 Å². The molecule has 0 aliphatic rings. The molecule has 4 rings (SSSR count). The quantitative estimate of drug-likeness (QED) is 0.320. The topological polar surface area (TPSA) is 98.5 Å². The number of carbonyl (C=O) groups is 1. The molecular formula is C22H18N4O4S. The Kier molecular flexibility index (Phi) is 5.59. The number of methoxy groups -OCH3 is 1. The van der Waals surface area contributed by atoms with Gasteiger partial charge in [0.2, 0.25) is 0 Å². The summed E-state index contributed by atoms with van der Waals surface area (Å²) in [7, 11) is 1.57. The zero-order valence-electron chi connectivity index (χ0n) is 16.8. The fourth-order valence-corrected chi connectivity index (χ4v) is 4.22. The molecular weight excluding hydrogens is 416 g/mol. The van der Waals surface area contributed by atoms with E-state index in [4.69, 9.17) is 4.74 Å². The van der Waals surface area contributed by atoms with E-state index in [2.05, 4.69) is 9.97 Å². The average Bonchev–Trinajstić information content (AvgIpc) is 3.24. The number of benzene rings is 2. The van der Waals surface area contributed by atoms with Gasteiger partial charge in [0.15, 0.2) is 5.13 Å². The standard InChI is InChI=1S/C22H18N4O4S/c1-14-9-10-18(30-2)19-20(14)31-22(24-19)25(13-16-7-3-4-11-23-16)21(27)15-6-5-8-17(12-15)26(28)29/h3-12H,13H2,1-2H3. The lowest BCUT2D eigenvalue weighted by Gasteiger charge is -2.19. The summed E-state index contributed by atoms with van der Waals surface area (Å²) in [5, 5.41) is 11.6. The van der Waals surface area contributed by atoms with E-state index in [0.717, 1.165) is 10.3 Å². The molecule has 0 radical (unpaired) electrons. The zero-order valence-corrected chi connectivity index (χ0v) is 17.6. The lowest BCUT2D eigenvalue weighted by atomic mass is 10.1. The molecule has 4 aromatic rings. The van der Waals surface area contributed by atoms with Crippen LogP contribution in [0.4, 0.5) is 10.8 Å². The molecule has 2 aromatic heterocycles. The van der Waals surface area contributed by atoms with Crippen molar-refractivity contribution in [1.82, 2.24) is 9.97 Å². The minimum Gasteiger partial charge on any atom is -0.494 e. The number of hydrogen-bond acceptors (Lipinski definition) is 7. The summed E-state index contributed by atoms with van der Waals surface area (Å²) < 4.78 is 6.34. The van der Waals surface area contributed by atoms with Crippen LogP contribution in [0.15, 0.2) is 60.8 Å². The molecule has 1 amide bonds. The Morgan fingerprint density at radius 3 is 2.74 bits per heavy atom. The van der Waals surface area contributed by atoms with Gasteiger partial charge in [-0.15, -0.1) is 0 Å². The predicted molar refractivity (Wildman–Crippen MR) is 119 cm³/mol. The fourth-order valence-electron chi connectivity index (χ4n) is 3.17. The van der Waals surface area contributed by atoms with E-state index in [0.29, 0.717) is 22.1 Å². The van der Waals surface area contributed by atoms with Gasteiger partial charge in [-0.2, -0.15) is 0 Å². The normalized spacial score (nSPS) is 10.8. The van der Waals surface area contributed by atoms with Crippen LogP contribution in [0.2, 0.25) is 0 Å². The Labute approximate surface area is 181 Å². The summed E-state index contributed by atoms with van der Waals surface area (Å²) in [6.45, 7) is 2.14. The van der Waals surface area contributed by atoms with Crippen LogP contribution < -0.4 is 9.64 Å². The minimum atomic E-state index is -0.522. The molecule has 0 saturated heterocycles. The maximum atomic E-state index is 13.5. The molecule has 0 unspecified atom stereocenters. The van der Waals surface area contributed by atoms with E-state index in [9.17, 15) is 14.9 Å². The number of non-ortho nitro benzene ring substituents is 1. The summed E-state index contributed by atoms with van der Waals surface area (Å²) in [6.07, 6.45) is 1.65. The number of pyridine rings is 1. The number of carbonyl (C=O) groups excluding carboxylic acids is 1. The molecule has 0 N–H and O–H groups in total. The number of ether oxygens (including phenoxy) is 1. The number of amides is 1. The maximum Gasteiger partial charge on any atom is 0.270 e. The van der Waals surface area contributed by atoms with Gasteiger partial charge in [0.05, 0.1) is 29.0 Å². The van der Waals surface area contributed by atoms with Crippen molar-refractivity contribution in [1.29, 1.82) is 0 Å². The predicted octanol–water partition coefficient (Wildman–Crippen LogP) is 4.76. The van der Waals surface area contributed by atoms with Crippen LogP contribution >= 0.6 is 11.3 Å². The van der Waals surface area contributed by atoms with Crippen molar-refractivity contribution < 1.29 is 14.5 Å². The first-order valence-corrected chi connectivity index (χ1v) is 10.2. The van der Waals surface area contributed by atoms with E-state index in [1.54, 1.807) is 25.4 Å². The van der Waals surface area contributed by atoms with Crippen molar-refractivity contribution >= 4 is 38.3 Å². The molecule has 0 aliphatic heterocycles. The zero-order chi connectivity index (χ0) is 22.0. The summed E-state index contributed by atoms with van der Waals surface area (Å²) >= 11 is 1.37. The van der Waals surface area contributed by atoms with Crippen LogP contribution in [0.1, 0.15) is 21.6 Å². The van der Waals surface area contributed by atoms with E-state index < -0.39 is 10.8 Å². The lowest BCUT2D eigenvalue weighted by Crippen LogP contribution is -2.30. The van der Waals surface area contributed by atoms with E-state index in [1.807, 2.05) is 31.2 Å². The van der Waals surface area contributed by atoms with Crippen molar-refractivity contribution in [2.24, 2.45) is 0 Å². The molecule has 0 saturated carbocycles. The third kappa shape index (κ3) is 4.08. The Morgan fingerprint density at radius 2 is 2.03 bits per heavy atom. The van der Waals surface area contributed by atoms with Crippen molar-refractivity contribution in [2.75, 3.05) is 12.0 Å². The molecule has 2 heterocycles. The highest BCUT2D eigenvalue weighted by Crippen LogP contribution is 2.37. The van der Waals surface area contributed by atoms with Gasteiger partial charge in [-0.05, 0) is 36.8 Å². The summed E-state index contributed by atoms with van der Waals surface area (Å²) in [5.74, 6) is 0.216. The largest absolute Gasteiger partial charge is 0.494 e. The lowest BCUT2D eigenvalue weighted by molar-refractivity contribution is -0.384. The van der Waals surface area contributed by atoms with E-state index >= 15 is 0 Å². The maximum absolute atomic E-state index is 13.5. The molecule has 0 bridgehead atoms. The molecule has 0 aliphatic carbocycles. The highest BCUT2D eigenvalue weighted by Gasteiger charge is 2.24. The number of nitro groups is 1. The van der Waals surface area contributed by atoms with Crippen LogP contribution in [-0.4, -0.2) is 27.9 Å². The first kappa shape index (κ1) is 20.4. The molecule has 0 atom stereocenters. The van der Waals surface area contributed by atoms with Crippen molar-refractivity contribution in [3.8, 4) is 5.75 Å². The van der Waals surface area contributed by atoms with Gasteiger partial charge in [-0.1, -0.05) is 29.5 Å². The van der Waals surface area contributed by atoms with Crippen LogP contribution in [0.5, 0.6) is 5.75 Å². The van der Waals surface area contributed by atoms with Gasteiger partial charge in [0, 0.05) is 23.9 Å². The molecule has 31 heavy (non-hydrogen) atoms. The third-order valence-corrected chi connectivity index (χ3v) is 5.95. The Bertz CT molecular complexity index is 1270. The van der Waals surface area contributed by atoms with E-state index in [-0.39, 0.29) is 17.8 Å². The molecule has 0 fully saturated rings. The summed E-state index contributed by atoms with van der Waals surface area (Å²) in [4.78, 5) is 34.6. The number of thiazole rings is 1. The van der Waals surface area contributed by atoms with Gasteiger partial charge in [-0.25, -0.2) is 4.98 Å². The van der Waals surface area contributed by atoms with Crippen LogP contribution in [0.3, 0.4) is 0 Å². The second kappa shape index (κ2) is 8.49. The molecule has 156 valence electrons. The third-order valence-electron chi connectivity index (χ3n) is 4.74. The molecule has 9 heteroatoms. The number of hydrogen-bond donors (Lipinski definition) is 0. The number of aromatic nitrogens is 2. The Morgan fingerprint density at radius 1 is 1.19 bits per heavy atom. The number of aryl methyl sites for hydroxylation is 1. The van der Waals surface area contributed by atoms with Gasteiger partial charge in [0.1, 0.15) is 11.3 Å². The van der Waals surface area contributed by atoms with Crippen molar-refractivity contribution in [3.63, 3.8) is 0 Å². The van der Waals surface area contributed by atoms with Crippen LogP contribution in [0.25, 0.3) is 10.2 Å². The highest BCUT2D eigenvalue weighted by molar-refractivity contribution is 7.22. The van der Waals surface area contributed by atoms with Crippen molar-refractivity contribution in [2.45, 2.75) is 13.5 Å². The first-order chi connectivity index (χ1) is 15.0. The van der Waals surface area contributed by atoms with Crippen molar-refractivity contribution in [3.05, 3.63) is 87.7 Å². The SMILES string of the molecule is COc1ccc(C)c2sc(N(Cc3ccccn3)C(=O)c3cccc([N+](=O)[O-])c3)nc12. The van der Waals surface area contributed by atoms with Gasteiger partial charge < -0.3 is 4.74 Å². The monoisotopic (exact) mass is 434 g/mol. The smallest absolute Gasteiger partial charge is 0.270 e. The molecule has 8 nitrogen and oxygen atoms in total. The first-order valence-electron chi connectivity index (χ1n) is 9.38. The van der Waals surface area contributed by atoms with Crippen LogP contribution in [-0.2, 0) is 6.54 Å². The van der Waals surface area contributed by atoms with Gasteiger partial charge in [0.25, 0.3) is 11.6 Å². The molecule has 0 spiro atoms.